The Bertz CT molecular complexity index is 1500. The van der Waals surface area contributed by atoms with Gasteiger partial charge in [-0.05, 0) is 35.7 Å². The van der Waals surface area contributed by atoms with E-state index in [0.717, 1.165) is 45.4 Å². The molecule has 200 valence electrons. The van der Waals surface area contributed by atoms with Crippen molar-refractivity contribution in [1.82, 2.24) is 19.4 Å². The van der Waals surface area contributed by atoms with E-state index in [0.29, 0.717) is 25.3 Å². The van der Waals surface area contributed by atoms with Crippen molar-refractivity contribution in [2.24, 2.45) is 0 Å². The van der Waals surface area contributed by atoms with Crippen molar-refractivity contribution in [2.45, 2.75) is 39.0 Å². The van der Waals surface area contributed by atoms with Gasteiger partial charge in [-0.2, -0.15) is 13.2 Å². The number of anilines is 1. The molecule has 0 atom stereocenters. The monoisotopic (exact) mass is 529 g/mol. The maximum Gasteiger partial charge on any atom is 0.393 e. The van der Waals surface area contributed by atoms with E-state index >= 15 is 0 Å². The summed E-state index contributed by atoms with van der Waals surface area (Å²) < 4.78 is 41.4. The Labute approximate surface area is 226 Å². The van der Waals surface area contributed by atoms with Crippen LogP contribution in [0.15, 0.2) is 91.9 Å². The Kier molecular flexibility index (Phi) is 7.04. The molecule has 1 aliphatic rings. The zero-order valence-corrected chi connectivity index (χ0v) is 22.0. The van der Waals surface area contributed by atoms with Gasteiger partial charge in [-0.1, -0.05) is 73.3 Å². The Morgan fingerprint density at radius 2 is 1.62 bits per heavy atom. The number of fused-ring (bicyclic) bond motifs is 1. The van der Waals surface area contributed by atoms with Crippen molar-refractivity contribution >= 4 is 11.5 Å². The molecule has 0 saturated carbocycles. The molecule has 0 amide bonds. The van der Waals surface area contributed by atoms with E-state index in [1.165, 1.54) is 6.07 Å². The number of rotatable bonds is 7. The Balaban J connectivity index is 1.60. The van der Waals surface area contributed by atoms with Gasteiger partial charge in [-0.15, -0.1) is 0 Å². The molecule has 2 aromatic heterocycles. The third-order valence-electron chi connectivity index (χ3n) is 6.93. The second-order valence-electron chi connectivity index (χ2n) is 9.89. The van der Waals surface area contributed by atoms with Crippen LogP contribution in [0.25, 0.3) is 5.70 Å². The third-order valence-corrected chi connectivity index (χ3v) is 6.93. The number of hydrogen-bond donors (Lipinski definition) is 0. The predicted molar refractivity (Wildman–Crippen MR) is 148 cm³/mol. The number of hydrogen-bond acceptors (Lipinski definition) is 4. The topological polar surface area (TPSA) is 37.2 Å². The lowest BCUT2D eigenvalue weighted by atomic mass is 10.1. The van der Waals surface area contributed by atoms with E-state index in [4.69, 9.17) is 4.98 Å². The van der Waals surface area contributed by atoms with Crippen LogP contribution in [-0.2, 0) is 25.9 Å². The molecule has 8 heteroatoms. The molecule has 0 bridgehead atoms. The smallest absolute Gasteiger partial charge is 0.330 e. The molecule has 5 rings (SSSR count). The minimum atomic E-state index is -4.27. The first-order valence-electron chi connectivity index (χ1n) is 12.7. The van der Waals surface area contributed by atoms with E-state index in [1.54, 1.807) is 18.3 Å². The lowest BCUT2D eigenvalue weighted by Crippen LogP contribution is -2.37. The summed E-state index contributed by atoms with van der Waals surface area (Å²) >= 11 is 0. The van der Waals surface area contributed by atoms with Gasteiger partial charge in [-0.25, -0.2) is 4.98 Å². The number of pyridine rings is 1. The number of benzene rings is 2. The molecule has 1 aliphatic heterocycles. The molecule has 0 fully saturated rings. The SMILES string of the molecule is C=C1c2c(nc(Cc3cccc(CC(F)(F)F)c3)n2Cc2ccc(C)cc2)N(Cc2ccccn2)C(=C)N1C. The average Bonchev–Trinajstić information content (AvgIpc) is 3.24. The second-order valence-corrected chi connectivity index (χ2v) is 9.89. The standard InChI is InChI=1S/C31H30F3N5/c1-21-11-13-24(14-12-21)19-39-28(17-25-8-7-9-26(16-25)18-31(32,33)34)36-30-29(39)22(2)37(4)23(3)38(30)20-27-10-5-6-15-35-27/h5-16H,2-3,17-20H2,1,4H3. The van der Waals surface area contributed by atoms with E-state index < -0.39 is 12.6 Å². The molecule has 39 heavy (non-hydrogen) atoms. The normalized spacial score (nSPS) is 13.7. The third kappa shape index (κ3) is 5.74. The highest BCUT2D eigenvalue weighted by Crippen LogP contribution is 2.39. The molecule has 0 unspecified atom stereocenters. The lowest BCUT2D eigenvalue weighted by Gasteiger charge is -2.38. The van der Waals surface area contributed by atoms with Gasteiger partial charge in [0.1, 0.15) is 17.3 Å². The van der Waals surface area contributed by atoms with Crippen LogP contribution in [0.5, 0.6) is 0 Å². The van der Waals surface area contributed by atoms with Crippen LogP contribution in [0.1, 0.15) is 39.5 Å². The quantitative estimate of drug-likeness (QED) is 0.266. The minimum absolute atomic E-state index is 0.232. The molecular weight excluding hydrogens is 499 g/mol. The minimum Gasteiger partial charge on any atom is -0.330 e. The molecular formula is C31H30F3N5. The fourth-order valence-electron chi connectivity index (χ4n) is 4.84. The van der Waals surface area contributed by atoms with Gasteiger partial charge in [-0.3, -0.25) is 4.98 Å². The summed E-state index contributed by atoms with van der Waals surface area (Å²) in [6.45, 7) is 11.7. The molecule has 0 aliphatic carbocycles. The number of alkyl halides is 3. The molecule has 0 saturated heterocycles. The molecule has 5 nitrogen and oxygen atoms in total. The number of imidazole rings is 1. The van der Waals surface area contributed by atoms with Crippen molar-refractivity contribution in [3.8, 4) is 0 Å². The fourth-order valence-corrected chi connectivity index (χ4v) is 4.84. The van der Waals surface area contributed by atoms with Gasteiger partial charge in [0, 0.05) is 26.2 Å². The first-order chi connectivity index (χ1) is 18.6. The maximum absolute atomic E-state index is 13.1. The zero-order chi connectivity index (χ0) is 27.7. The molecule has 0 radical (unpaired) electrons. The predicted octanol–water partition coefficient (Wildman–Crippen LogP) is 6.72. The summed E-state index contributed by atoms with van der Waals surface area (Å²) in [7, 11) is 1.92. The highest BCUT2D eigenvalue weighted by molar-refractivity contribution is 5.77. The van der Waals surface area contributed by atoms with Crippen LogP contribution < -0.4 is 4.90 Å². The van der Waals surface area contributed by atoms with Gasteiger partial charge in [0.2, 0.25) is 0 Å². The van der Waals surface area contributed by atoms with Crippen LogP contribution in [0.4, 0.5) is 19.0 Å². The van der Waals surface area contributed by atoms with Crippen LogP contribution >= 0.6 is 0 Å². The van der Waals surface area contributed by atoms with Gasteiger partial charge in [0.25, 0.3) is 0 Å². The van der Waals surface area contributed by atoms with E-state index in [-0.39, 0.29) is 5.56 Å². The average molecular weight is 530 g/mol. The fraction of sp³-hybridized carbons (Fsp3) is 0.226. The van der Waals surface area contributed by atoms with E-state index in [1.807, 2.05) is 48.0 Å². The number of nitrogens with zero attached hydrogens (tertiary/aromatic N) is 5. The Morgan fingerprint density at radius 1 is 0.872 bits per heavy atom. The van der Waals surface area contributed by atoms with Crippen molar-refractivity contribution in [3.05, 3.63) is 131 Å². The number of aromatic nitrogens is 3. The van der Waals surface area contributed by atoms with Crippen LogP contribution in [-0.4, -0.2) is 32.7 Å². The van der Waals surface area contributed by atoms with Gasteiger partial charge < -0.3 is 14.4 Å². The highest BCUT2D eigenvalue weighted by Gasteiger charge is 2.33. The molecule has 0 N–H and O–H groups in total. The van der Waals surface area contributed by atoms with E-state index in [9.17, 15) is 13.2 Å². The van der Waals surface area contributed by atoms with Gasteiger partial charge in [0.05, 0.1) is 24.4 Å². The summed E-state index contributed by atoms with van der Waals surface area (Å²) in [6.07, 6.45) is -3.11. The second kappa shape index (κ2) is 10.4. The molecule has 2 aromatic carbocycles. The Morgan fingerprint density at radius 3 is 2.31 bits per heavy atom. The summed E-state index contributed by atoms with van der Waals surface area (Å²) in [4.78, 5) is 13.5. The van der Waals surface area contributed by atoms with Crippen LogP contribution in [0.2, 0.25) is 0 Å². The van der Waals surface area contributed by atoms with Crippen LogP contribution in [0, 0.1) is 6.92 Å². The summed E-state index contributed by atoms with van der Waals surface area (Å²) in [6, 6.07) is 20.7. The van der Waals surface area contributed by atoms with Crippen molar-refractivity contribution < 1.29 is 13.2 Å². The highest BCUT2D eigenvalue weighted by atomic mass is 19.4. The van der Waals surface area contributed by atoms with Crippen molar-refractivity contribution in [2.75, 3.05) is 11.9 Å². The van der Waals surface area contributed by atoms with E-state index in [2.05, 4.69) is 47.0 Å². The van der Waals surface area contributed by atoms with Gasteiger partial charge in [0.15, 0.2) is 5.82 Å². The molecule has 0 spiro atoms. The zero-order valence-electron chi connectivity index (χ0n) is 22.0. The van der Waals surface area contributed by atoms with Crippen molar-refractivity contribution in [3.63, 3.8) is 0 Å². The number of aryl methyl sites for hydroxylation is 1. The van der Waals surface area contributed by atoms with Crippen LogP contribution in [0.3, 0.4) is 0 Å². The van der Waals surface area contributed by atoms with Gasteiger partial charge >= 0.3 is 6.18 Å². The van der Waals surface area contributed by atoms with Crippen molar-refractivity contribution in [1.29, 1.82) is 0 Å². The largest absolute Gasteiger partial charge is 0.393 e. The molecule has 4 aromatic rings. The summed E-state index contributed by atoms with van der Waals surface area (Å²) in [5, 5.41) is 0. The lowest BCUT2D eigenvalue weighted by molar-refractivity contribution is -0.127. The summed E-state index contributed by atoms with van der Waals surface area (Å²) in [5.41, 5.74) is 5.71. The Hall–Kier alpha value is -4.33. The first-order valence-corrected chi connectivity index (χ1v) is 12.7. The first kappa shape index (κ1) is 26.3. The maximum atomic E-state index is 13.1. The molecule has 3 heterocycles. The summed E-state index contributed by atoms with van der Waals surface area (Å²) in [5.74, 6) is 2.17. The number of halogens is 3.